The Bertz CT molecular complexity index is 1340. The lowest BCUT2D eigenvalue weighted by Gasteiger charge is -2.20. The Balaban J connectivity index is 1.72. The molecule has 37 heavy (non-hydrogen) atoms. The van der Waals surface area contributed by atoms with Crippen LogP contribution in [0.2, 0.25) is 0 Å². The lowest BCUT2D eigenvalue weighted by molar-refractivity contribution is -0.605. The second-order valence-corrected chi connectivity index (χ2v) is 7.95. The number of ketones is 1. The number of halogens is 4. The molecular weight excluding hydrogens is 492 g/mol. The summed E-state index contributed by atoms with van der Waals surface area (Å²) in [6, 6.07) is 18.8. The van der Waals surface area contributed by atoms with E-state index in [1.807, 2.05) is 0 Å². The van der Waals surface area contributed by atoms with Crippen LogP contribution in [0.3, 0.4) is 0 Å². The van der Waals surface area contributed by atoms with Crippen LogP contribution in [-0.2, 0) is 6.42 Å². The first-order valence-electron chi connectivity index (χ1n) is 11.1. The second-order valence-electron chi connectivity index (χ2n) is 7.95. The standard InChI is InChI=1S/C27H20F4N2O4/c28-26(29)36-23-9-7-19(15-24(23)37-27(30)31)21(14-17-10-12-33(35)13-11-17)22-8-6-20(16-32-22)25(34)18-4-2-1-3-5-18/h1-13,15-16,21,26-27H,14H2. The minimum atomic E-state index is -3.27. The summed E-state index contributed by atoms with van der Waals surface area (Å²) in [6.45, 7) is -6.50. The minimum absolute atomic E-state index is 0.222. The van der Waals surface area contributed by atoms with Crippen LogP contribution in [0, 0.1) is 5.21 Å². The van der Waals surface area contributed by atoms with Crippen molar-refractivity contribution < 1.29 is 36.6 Å². The average molecular weight is 512 g/mol. The summed E-state index contributed by atoms with van der Waals surface area (Å²) in [7, 11) is 0. The monoisotopic (exact) mass is 512 g/mol. The molecule has 190 valence electrons. The lowest BCUT2D eigenvalue weighted by Crippen LogP contribution is -2.24. The zero-order valence-electron chi connectivity index (χ0n) is 19.1. The summed E-state index contributed by atoms with van der Waals surface area (Å²) < 4.78 is 60.9. The molecule has 2 aromatic carbocycles. The van der Waals surface area contributed by atoms with Crippen molar-refractivity contribution in [3.8, 4) is 11.5 Å². The van der Waals surface area contributed by atoms with Gasteiger partial charge in [-0.15, -0.1) is 0 Å². The molecule has 0 aliphatic carbocycles. The van der Waals surface area contributed by atoms with Gasteiger partial charge >= 0.3 is 13.2 Å². The molecule has 1 unspecified atom stereocenters. The summed E-state index contributed by atoms with van der Waals surface area (Å²) in [5.41, 5.74) is 2.47. The summed E-state index contributed by atoms with van der Waals surface area (Å²) in [5, 5.41) is 11.4. The number of aromatic nitrogens is 2. The van der Waals surface area contributed by atoms with Crippen molar-refractivity contribution in [2.24, 2.45) is 0 Å². The Morgan fingerprint density at radius 1 is 0.838 bits per heavy atom. The smallest absolute Gasteiger partial charge is 0.387 e. The van der Waals surface area contributed by atoms with Gasteiger partial charge in [-0.25, -0.2) is 0 Å². The third-order valence-corrected chi connectivity index (χ3v) is 5.55. The number of benzene rings is 2. The number of ether oxygens (including phenoxy) is 2. The fraction of sp³-hybridized carbons (Fsp3) is 0.148. The Morgan fingerprint density at radius 2 is 1.51 bits per heavy atom. The number of rotatable bonds is 10. The number of hydrogen-bond acceptors (Lipinski definition) is 5. The highest BCUT2D eigenvalue weighted by Crippen LogP contribution is 2.36. The number of alkyl halides is 4. The molecule has 0 aliphatic heterocycles. The van der Waals surface area contributed by atoms with E-state index in [0.29, 0.717) is 27.1 Å². The minimum Gasteiger partial charge on any atom is -0.619 e. The molecule has 6 nitrogen and oxygen atoms in total. The Kier molecular flexibility index (Phi) is 7.97. The van der Waals surface area contributed by atoms with Crippen molar-refractivity contribution in [1.29, 1.82) is 0 Å². The molecule has 0 saturated heterocycles. The van der Waals surface area contributed by atoms with Crippen LogP contribution >= 0.6 is 0 Å². The van der Waals surface area contributed by atoms with E-state index in [4.69, 9.17) is 0 Å². The Labute approximate surface area is 209 Å². The maximum atomic E-state index is 13.0. The van der Waals surface area contributed by atoms with E-state index in [2.05, 4.69) is 14.5 Å². The van der Waals surface area contributed by atoms with Gasteiger partial charge in [0.1, 0.15) is 0 Å². The predicted molar refractivity (Wildman–Crippen MR) is 125 cm³/mol. The second kappa shape index (κ2) is 11.5. The van der Waals surface area contributed by atoms with Crippen LogP contribution in [0.1, 0.15) is 38.7 Å². The average Bonchev–Trinajstić information content (AvgIpc) is 2.89. The van der Waals surface area contributed by atoms with Gasteiger partial charge in [0.25, 0.3) is 0 Å². The molecule has 0 fully saturated rings. The van der Waals surface area contributed by atoms with Crippen molar-refractivity contribution in [3.63, 3.8) is 0 Å². The fourth-order valence-electron chi connectivity index (χ4n) is 3.83. The van der Waals surface area contributed by atoms with E-state index in [1.54, 1.807) is 54.6 Å². The molecule has 10 heteroatoms. The molecule has 0 N–H and O–H groups in total. The molecule has 0 aliphatic rings. The molecule has 1 atom stereocenters. The van der Waals surface area contributed by atoms with E-state index < -0.39 is 30.6 Å². The van der Waals surface area contributed by atoms with Gasteiger partial charge in [-0.1, -0.05) is 36.4 Å². The van der Waals surface area contributed by atoms with E-state index in [-0.39, 0.29) is 12.2 Å². The van der Waals surface area contributed by atoms with Gasteiger partial charge in [0, 0.05) is 41.1 Å². The van der Waals surface area contributed by atoms with E-state index in [0.717, 1.165) is 11.6 Å². The van der Waals surface area contributed by atoms with Gasteiger partial charge in [0.05, 0.1) is 0 Å². The number of nitrogens with zero attached hydrogens (tertiary/aromatic N) is 2. The normalized spacial score (nSPS) is 11.9. The van der Waals surface area contributed by atoms with Gasteiger partial charge < -0.3 is 14.7 Å². The van der Waals surface area contributed by atoms with E-state index >= 15 is 0 Å². The zero-order valence-corrected chi connectivity index (χ0v) is 19.1. The van der Waals surface area contributed by atoms with E-state index in [9.17, 15) is 27.6 Å². The Hall–Kier alpha value is -4.47. The molecule has 0 amide bonds. The molecule has 2 aromatic heterocycles. The van der Waals surface area contributed by atoms with Crippen LogP contribution in [-0.4, -0.2) is 24.0 Å². The number of carbonyl (C=O) groups is 1. The molecule has 0 radical (unpaired) electrons. The van der Waals surface area contributed by atoms with Crippen molar-refractivity contribution in [2.75, 3.05) is 0 Å². The molecule has 0 spiro atoms. The van der Waals surface area contributed by atoms with Crippen LogP contribution in [0.25, 0.3) is 0 Å². The van der Waals surface area contributed by atoms with Crippen LogP contribution < -0.4 is 14.2 Å². The number of pyridine rings is 2. The zero-order chi connectivity index (χ0) is 26.4. The Morgan fingerprint density at radius 3 is 2.14 bits per heavy atom. The van der Waals surface area contributed by atoms with Crippen LogP contribution in [0.15, 0.2) is 91.4 Å². The molecule has 0 bridgehead atoms. The largest absolute Gasteiger partial charge is 0.619 e. The predicted octanol–water partition coefficient (Wildman–Crippen LogP) is 5.52. The molecular formula is C27H20F4N2O4. The van der Waals surface area contributed by atoms with Crippen LogP contribution in [0.4, 0.5) is 17.6 Å². The van der Waals surface area contributed by atoms with Crippen LogP contribution in [0.5, 0.6) is 11.5 Å². The third-order valence-electron chi connectivity index (χ3n) is 5.55. The maximum absolute atomic E-state index is 13.0. The van der Waals surface area contributed by atoms with Gasteiger partial charge in [0.15, 0.2) is 29.7 Å². The highest BCUT2D eigenvalue weighted by molar-refractivity contribution is 6.08. The highest BCUT2D eigenvalue weighted by atomic mass is 19.3. The number of carbonyl (C=O) groups excluding carboxylic acids is 1. The highest BCUT2D eigenvalue weighted by Gasteiger charge is 2.22. The van der Waals surface area contributed by atoms with Gasteiger partial charge in [-0.3, -0.25) is 9.78 Å². The van der Waals surface area contributed by atoms with E-state index in [1.165, 1.54) is 30.7 Å². The first-order chi connectivity index (χ1) is 17.8. The molecule has 4 aromatic rings. The quantitative estimate of drug-likeness (QED) is 0.121. The summed E-state index contributed by atoms with van der Waals surface area (Å²) in [5.74, 6) is -1.88. The van der Waals surface area contributed by atoms with Gasteiger partial charge in [0.2, 0.25) is 0 Å². The lowest BCUT2D eigenvalue weighted by atomic mass is 9.88. The van der Waals surface area contributed by atoms with Crippen molar-refractivity contribution in [3.05, 3.63) is 125 Å². The number of hydrogen-bond donors (Lipinski definition) is 0. The van der Waals surface area contributed by atoms with Crippen molar-refractivity contribution in [1.82, 2.24) is 4.98 Å². The SMILES string of the molecule is O=C(c1ccccc1)c1ccc(C(Cc2cc[n+]([O-])cc2)c2ccc(OC(F)F)c(OC(F)F)c2)nc1. The summed E-state index contributed by atoms with van der Waals surface area (Å²) in [4.78, 5) is 17.2. The molecule has 0 saturated carbocycles. The molecule has 4 rings (SSSR count). The first-order valence-corrected chi connectivity index (χ1v) is 11.1. The van der Waals surface area contributed by atoms with Gasteiger partial charge in [-0.05, 0) is 41.8 Å². The summed E-state index contributed by atoms with van der Waals surface area (Å²) in [6.07, 6.45) is 4.32. The third kappa shape index (κ3) is 6.60. The molecule has 2 heterocycles. The summed E-state index contributed by atoms with van der Waals surface area (Å²) >= 11 is 0. The van der Waals surface area contributed by atoms with Crippen molar-refractivity contribution >= 4 is 5.78 Å². The fourth-order valence-corrected chi connectivity index (χ4v) is 3.83. The first kappa shape index (κ1) is 25.6. The maximum Gasteiger partial charge on any atom is 0.387 e. The topological polar surface area (TPSA) is 75.4 Å². The van der Waals surface area contributed by atoms with Crippen molar-refractivity contribution in [2.45, 2.75) is 25.6 Å². The van der Waals surface area contributed by atoms with Gasteiger partial charge in [-0.2, -0.15) is 22.3 Å².